The minimum absolute atomic E-state index is 0.837. The summed E-state index contributed by atoms with van der Waals surface area (Å²) < 4.78 is 0. The van der Waals surface area contributed by atoms with Crippen molar-refractivity contribution in [2.24, 2.45) is 47.3 Å². The van der Waals surface area contributed by atoms with E-state index in [1.165, 1.54) is 19.3 Å². The molecule has 5 aliphatic carbocycles. The van der Waals surface area contributed by atoms with Gasteiger partial charge in [-0.25, -0.2) is 0 Å². The molecule has 0 amide bonds. The zero-order valence-corrected chi connectivity index (χ0v) is 17.8. The van der Waals surface area contributed by atoms with Crippen molar-refractivity contribution < 1.29 is 0 Å². The van der Waals surface area contributed by atoms with Crippen LogP contribution < -0.4 is 0 Å². The summed E-state index contributed by atoms with van der Waals surface area (Å²) in [4.78, 5) is 0.837. The fraction of sp³-hybridized carbons (Fsp3) is 1.00. The van der Waals surface area contributed by atoms with E-state index in [1.807, 2.05) is 0 Å². The Morgan fingerprint density at radius 3 is 1.84 bits per heavy atom. The maximum atomic E-state index is 3.97. The maximum absolute atomic E-state index is 3.97. The van der Waals surface area contributed by atoms with Crippen LogP contribution in [0.15, 0.2) is 0 Å². The molecular formula is C24H39Br. The normalized spacial score (nSPS) is 53.4. The Hall–Kier alpha value is 0.480. The van der Waals surface area contributed by atoms with E-state index in [2.05, 4.69) is 15.9 Å². The molecule has 5 rings (SSSR count). The van der Waals surface area contributed by atoms with Crippen molar-refractivity contribution in [3.05, 3.63) is 0 Å². The standard InChI is InChI=1S/C24H39Br/c25-20-12-11-16-9-10-18(13-19(16)14-20)24-15-17-5-1-2-6-21(17)22-7-3-4-8-23(22)24/h16-24H,1-15H2. The van der Waals surface area contributed by atoms with Gasteiger partial charge in [-0.15, -0.1) is 0 Å². The van der Waals surface area contributed by atoms with E-state index < -0.39 is 0 Å². The quantitative estimate of drug-likeness (QED) is 0.393. The van der Waals surface area contributed by atoms with Crippen LogP contribution in [0, 0.1) is 47.3 Å². The van der Waals surface area contributed by atoms with E-state index >= 15 is 0 Å². The number of halogens is 1. The van der Waals surface area contributed by atoms with Crippen LogP contribution in [0.25, 0.3) is 0 Å². The maximum Gasteiger partial charge on any atom is 0.0148 e. The molecule has 142 valence electrons. The number of hydrogen-bond acceptors (Lipinski definition) is 0. The molecule has 5 saturated carbocycles. The van der Waals surface area contributed by atoms with E-state index in [0.717, 1.165) is 52.2 Å². The van der Waals surface area contributed by atoms with Gasteiger partial charge in [-0.3, -0.25) is 0 Å². The Balaban J connectivity index is 1.33. The average Bonchev–Trinajstić information content (AvgIpc) is 2.67. The lowest BCUT2D eigenvalue weighted by atomic mass is 9.50. The molecule has 0 saturated heterocycles. The molecule has 9 atom stereocenters. The van der Waals surface area contributed by atoms with Gasteiger partial charge < -0.3 is 0 Å². The van der Waals surface area contributed by atoms with Crippen LogP contribution in [-0.2, 0) is 0 Å². The molecule has 0 N–H and O–H groups in total. The summed E-state index contributed by atoms with van der Waals surface area (Å²) >= 11 is 3.97. The highest BCUT2D eigenvalue weighted by molar-refractivity contribution is 9.09. The van der Waals surface area contributed by atoms with Crippen molar-refractivity contribution in [1.82, 2.24) is 0 Å². The fourth-order valence-electron chi connectivity index (χ4n) is 8.67. The van der Waals surface area contributed by atoms with Crippen molar-refractivity contribution in [3.63, 3.8) is 0 Å². The van der Waals surface area contributed by atoms with Gasteiger partial charge in [0.1, 0.15) is 0 Å². The SMILES string of the molecule is BrC1CCC2CCC(C3CC4CCCCC4C4CCCCC34)CC2C1. The zero-order chi connectivity index (χ0) is 16.8. The van der Waals surface area contributed by atoms with Crippen LogP contribution in [0.4, 0.5) is 0 Å². The largest absolute Gasteiger partial charge is 0.0891 e. The first kappa shape index (κ1) is 17.6. The topological polar surface area (TPSA) is 0 Å². The lowest BCUT2D eigenvalue weighted by Gasteiger charge is -2.55. The third kappa shape index (κ3) is 3.38. The molecule has 0 nitrogen and oxygen atoms in total. The fourth-order valence-corrected chi connectivity index (χ4v) is 9.42. The van der Waals surface area contributed by atoms with Gasteiger partial charge >= 0.3 is 0 Å². The van der Waals surface area contributed by atoms with Crippen LogP contribution >= 0.6 is 15.9 Å². The predicted octanol–water partition coefficient (Wildman–Crippen LogP) is 7.60. The number of alkyl halides is 1. The summed E-state index contributed by atoms with van der Waals surface area (Å²) in [6.45, 7) is 0. The molecule has 0 spiro atoms. The van der Waals surface area contributed by atoms with E-state index in [9.17, 15) is 0 Å². The second-order valence-electron chi connectivity index (χ2n) is 10.7. The first-order valence-corrected chi connectivity index (χ1v) is 12.8. The van der Waals surface area contributed by atoms with E-state index in [4.69, 9.17) is 0 Å². The lowest BCUT2D eigenvalue weighted by Crippen LogP contribution is -2.47. The van der Waals surface area contributed by atoms with Crippen LogP contribution in [-0.4, -0.2) is 4.83 Å². The van der Waals surface area contributed by atoms with Crippen molar-refractivity contribution in [1.29, 1.82) is 0 Å². The molecule has 9 unspecified atom stereocenters. The van der Waals surface area contributed by atoms with E-state index in [0.29, 0.717) is 0 Å². The number of fused-ring (bicyclic) bond motifs is 4. The van der Waals surface area contributed by atoms with Gasteiger partial charge in [-0.05, 0) is 112 Å². The van der Waals surface area contributed by atoms with Gasteiger partial charge in [0.25, 0.3) is 0 Å². The third-order valence-electron chi connectivity index (χ3n) is 9.71. The smallest absolute Gasteiger partial charge is 0.0148 e. The second-order valence-corrected chi connectivity index (χ2v) is 12.0. The van der Waals surface area contributed by atoms with Gasteiger partial charge in [0, 0.05) is 4.83 Å². The molecule has 0 aromatic rings. The Morgan fingerprint density at radius 1 is 0.400 bits per heavy atom. The summed E-state index contributed by atoms with van der Waals surface area (Å²) in [6.07, 6.45) is 23.5. The van der Waals surface area contributed by atoms with Gasteiger partial charge in [-0.2, -0.15) is 0 Å². The third-order valence-corrected chi connectivity index (χ3v) is 10.5. The monoisotopic (exact) mass is 406 g/mol. The van der Waals surface area contributed by atoms with Crippen LogP contribution in [0.5, 0.6) is 0 Å². The molecule has 0 aromatic carbocycles. The van der Waals surface area contributed by atoms with Gasteiger partial charge in [-0.1, -0.05) is 48.0 Å². The van der Waals surface area contributed by atoms with Crippen molar-refractivity contribution in [3.8, 4) is 0 Å². The van der Waals surface area contributed by atoms with Gasteiger partial charge in [0.2, 0.25) is 0 Å². The van der Waals surface area contributed by atoms with Crippen molar-refractivity contribution in [2.45, 2.75) is 101 Å². The zero-order valence-electron chi connectivity index (χ0n) is 16.2. The molecule has 1 heteroatoms. The summed E-state index contributed by atoms with van der Waals surface area (Å²) in [5.74, 6) is 8.96. The summed E-state index contributed by atoms with van der Waals surface area (Å²) in [5.41, 5.74) is 0. The minimum atomic E-state index is 0.837. The molecule has 25 heavy (non-hydrogen) atoms. The summed E-state index contributed by atoms with van der Waals surface area (Å²) in [6, 6.07) is 0. The molecule has 0 bridgehead atoms. The van der Waals surface area contributed by atoms with E-state index in [-0.39, 0.29) is 0 Å². The highest BCUT2D eigenvalue weighted by Crippen LogP contribution is 2.58. The second kappa shape index (κ2) is 7.48. The molecule has 5 aliphatic rings. The average molecular weight is 407 g/mol. The summed E-state index contributed by atoms with van der Waals surface area (Å²) in [7, 11) is 0. The van der Waals surface area contributed by atoms with Crippen LogP contribution in [0.3, 0.4) is 0 Å². The van der Waals surface area contributed by atoms with Crippen molar-refractivity contribution >= 4 is 15.9 Å². The van der Waals surface area contributed by atoms with E-state index in [1.54, 1.807) is 77.0 Å². The Morgan fingerprint density at radius 2 is 1.00 bits per heavy atom. The highest BCUT2D eigenvalue weighted by atomic mass is 79.9. The van der Waals surface area contributed by atoms with Crippen molar-refractivity contribution in [2.75, 3.05) is 0 Å². The van der Waals surface area contributed by atoms with Crippen LogP contribution in [0.1, 0.15) is 96.3 Å². The summed E-state index contributed by atoms with van der Waals surface area (Å²) in [5, 5.41) is 0. The Bertz CT molecular complexity index is 459. The minimum Gasteiger partial charge on any atom is -0.0891 e. The van der Waals surface area contributed by atoms with Crippen LogP contribution in [0.2, 0.25) is 0 Å². The number of rotatable bonds is 1. The Kier molecular flexibility index (Phi) is 5.26. The first-order chi connectivity index (χ1) is 12.3. The molecule has 0 aliphatic heterocycles. The first-order valence-electron chi connectivity index (χ1n) is 11.9. The van der Waals surface area contributed by atoms with Gasteiger partial charge in [0.15, 0.2) is 0 Å². The highest BCUT2D eigenvalue weighted by Gasteiger charge is 2.49. The molecule has 0 aromatic heterocycles. The molecule has 5 fully saturated rings. The van der Waals surface area contributed by atoms with Gasteiger partial charge in [0.05, 0.1) is 0 Å². The molecule has 0 heterocycles. The Labute approximate surface area is 164 Å². The number of hydrogen-bond donors (Lipinski definition) is 0. The lowest BCUT2D eigenvalue weighted by molar-refractivity contribution is -0.0522. The molecular weight excluding hydrogens is 368 g/mol. The predicted molar refractivity (Wildman–Crippen MR) is 110 cm³/mol. The molecule has 0 radical (unpaired) electrons.